The second kappa shape index (κ2) is 8.35. The minimum Gasteiger partial charge on any atom is -0.497 e. The Hall–Kier alpha value is -3.00. The largest absolute Gasteiger partial charge is 0.497 e. The van der Waals surface area contributed by atoms with Crippen LogP contribution in [0, 0.1) is 16.6 Å². The molecule has 1 heterocycles. The van der Waals surface area contributed by atoms with Crippen molar-refractivity contribution < 1.29 is 9.47 Å². The molecule has 0 atom stereocenters. The van der Waals surface area contributed by atoms with Crippen molar-refractivity contribution in [3.63, 3.8) is 0 Å². The smallest absolute Gasteiger partial charge is 0.199 e. The van der Waals surface area contributed by atoms with E-state index >= 15 is 0 Å². The van der Waals surface area contributed by atoms with E-state index in [1.165, 1.54) is 0 Å². The van der Waals surface area contributed by atoms with Crippen molar-refractivity contribution >= 4 is 17.9 Å². The minimum atomic E-state index is 0.179. The van der Waals surface area contributed by atoms with Crippen molar-refractivity contribution in [1.29, 1.82) is 0 Å². The predicted molar refractivity (Wildman–Crippen MR) is 110 cm³/mol. The van der Waals surface area contributed by atoms with E-state index in [-0.39, 0.29) is 12.5 Å². The van der Waals surface area contributed by atoms with Crippen molar-refractivity contribution in [3.8, 4) is 17.2 Å². The van der Waals surface area contributed by atoms with Crippen molar-refractivity contribution in [2.24, 2.45) is 5.18 Å². The van der Waals surface area contributed by atoms with Crippen LogP contribution in [-0.2, 0) is 6.61 Å². The molecule has 0 saturated heterocycles. The maximum Gasteiger partial charge on any atom is 0.199 e. The lowest BCUT2D eigenvalue weighted by molar-refractivity contribution is 0.289. The lowest BCUT2D eigenvalue weighted by atomic mass is 9.99. The molecule has 3 rings (SSSR count). The number of aryl methyl sites for hydroxylation is 1. The van der Waals surface area contributed by atoms with Crippen LogP contribution in [0.25, 0.3) is 5.69 Å². The monoisotopic (exact) mass is 398 g/mol. The van der Waals surface area contributed by atoms with Crippen molar-refractivity contribution in [2.75, 3.05) is 7.11 Å². The second-order valence-corrected chi connectivity index (χ2v) is 7.08. The van der Waals surface area contributed by atoms with Gasteiger partial charge in [0, 0.05) is 0 Å². The number of H-pyrrole nitrogens is 1. The molecule has 2 aromatic carbocycles. The zero-order valence-corrected chi connectivity index (χ0v) is 17.0. The Balaban J connectivity index is 1.91. The number of aromatic amines is 1. The summed E-state index contributed by atoms with van der Waals surface area (Å²) in [5.74, 6) is 2.28. The quantitative estimate of drug-likeness (QED) is 0.429. The van der Waals surface area contributed by atoms with E-state index in [1.807, 2.05) is 55.7 Å². The fourth-order valence-corrected chi connectivity index (χ4v) is 3.18. The summed E-state index contributed by atoms with van der Waals surface area (Å²) >= 11 is 5.38. The Morgan fingerprint density at radius 1 is 1.25 bits per heavy atom. The third-order valence-corrected chi connectivity index (χ3v) is 4.75. The number of hydrogen-bond donors (Lipinski definition) is 1. The Labute approximate surface area is 168 Å². The molecule has 0 fully saturated rings. The van der Waals surface area contributed by atoms with Crippen LogP contribution >= 0.6 is 12.2 Å². The number of hydrogen-bond acceptors (Lipinski definition) is 6. The molecule has 0 spiro atoms. The summed E-state index contributed by atoms with van der Waals surface area (Å²) in [6.07, 6.45) is 0. The van der Waals surface area contributed by atoms with Crippen LogP contribution in [0.15, 0.2) is 41.6 Å². The summed E-state index contributed by atoms with van der Waals surface area (Å²) in [5.41, 5.74) is 2.98. The predicted octanol–water partition coefficient (Wildman–Crippen LogP) is 5.35. The molecule has 8 heteroatoms. The molecule has 0 radical (unpaired) electrons. The number of nitrogens with zero attached hydrogens (tertiary/aromatic N) is 3. The molecule has 0 aliphatic rings. The summed E-state index contributed by atoms with van der Waals surface area (Å²) in [6.45, 7) is 6.13. The molecule has 146 valence electrons. The number of rotatable bonds is 7. The van der Waals surface area contributed by atoms with E-state index in [2.05, 4.69) is 15.4 Å². The first kappa shape index (κ1) is 19.8. The SMILES string of the molecule is COc1ccc(-n2c(COc3cc(C)c(N=O)cc3C(C)C)n[nH]c2=S)cc1. The molecule has 0 aliphatic carbocycles. The lowest BCUT2D eigenvalue weighted by Gasteiger charge is -2.16. The van der Waals surface area contributed by atoms with Gasteiger partial charge in [-0.1, -0.05) is 13.8 Å². The normalized spacial score (nSPS) is 10.9. The fraction of sp³-hybridized carbons (Fsp3) is 0.300. The second-order valence-electron chi connectivity index (χ2n) is 6.69. The van der Waals surface area contributed by atoms with E-state index in [9.17, 15) is 4.91 Å². The highest BCUT2D eigenvalue weighted by molar-refractivity contribution is 7.71. The maximum atomic E-state index is 11.0. The maximum absolute atomic E-state index is 11.0. The molecule has 3 aromatic rings. The molecule has 28 heavy (non-hydrogen) atoms. The molecule has 0 bridgehead atoms. The van der Waals surface area contributed by atoms with Crippen LogP contribution in [0.4, 0.5) is 5.69 Å². The van der Waals surface area contributed by atoms with Crippen LogP contribution in [0.1, 0.15) is 36.7 Å². The zero-order chi connectivity index (χ0) is 20.3. The van der Waals surface area contributed by atoms with Crippen LogP contribution in [-0.4, -0.2) is 21.9 Å². The topological polar surface area (TPSA) is 81.5 Å². The number of methoxy groups -OCH3 is 1. The van der Waals surface area contributed by atoms with Gasteiger partial charge < -0.3 is 9.47 Å². The van der Waals surface area contributed by atoms with Crippen molar-refractivity contribution in [2.45, 2.75) is 33.3 Å². The Kier molecular flexibility index (Phi) is 5.89. The Morgan fingerprint density at radius 2 is 1.96 bits per heavy atom. The van der Waals surface area contributed by atoms with Gasteiger partial charge in [0.05, 0.1) is 12.8 Å². The van der Waals surface area contributed by atoms with E-state index in [0.717, 1.165) is 22.6 Å². The number of nitrogens with one attached hydrogen (secondary N) is 1. The van der Waals surface area contributed by atoms with Gasteiger partial charge in [0.15, 0.2) is 10.6 Å². The summed E-state index contributed by atoms with van der Waals surface area (Å²) < 4.78 is 13.6. The first-order chi connectivity index (χ1) is 13.4. The van der Waals surface area contributed by atoms with Crippen LogP contribution in [0.3, 0.4) is 0 Å². The molecule has 0 saturated carbocycles. The molecule has 0 amide bonds. The molecular weight excluding hydrogens is 376 g/mol. The third-order valence-electron chi connectivity index (χ3n) is 4.48. The van der Waals surface area contributed by atoms with Gasteiger partial charge in [-0.2, -0.15) is 5.10 Å². The minimum absolute atomic E-state index is 0.179. The highest BCUT2D eigenvalue weighted by atomic mass is 32.1. The Bertz CT molecular complexity index is 1040. The first-order valence-corrected chi connectivity index (χ1v) is 9.26. The summed E-state index contributed by atoms with van der Waals surface area (Å²) in [6, 6.07) is 11.2. The van der Waals surface area contributed by atoms with Gasteiger partial charge in [-0.05, 0) is 77.8 Å². The zero-order valence-electron chi connectivity index (χ0n) is 16.2. The van der Waals surface area contributed by atoms with E-state index < -0.39 is 0 Å². The molecule has 0 aliphatic heterocycles. The van der Waals surface area contributed by atoms with Gasteiger partial charge >= 0.3 is 0 Å². The average molecular weight is 398 g/mol. The van der Waals surface area contributed by atoms with Gasteiger partial charge in [-0.15, -0.1) is 4.91 Å². The van der Waals surface area contributed by atoms with Crippen molar-refractivity contribution in [3.05, 3.63) is 63.0 Å². The third kappa shape index (κ3) is 3.96. The number of nitroso groups, excluding NO2 is 1. The number of aromatic nitrogens is 3. The highest BCUT2D eigenvalue weighted by Gasteiger charge is 2.15. The average Bonchev–Trinajstić information content (AvgIpc) is 3.06. The van der Waals surface area contributed by atoms with Crippen LogP contribution in [0.2, 0.25) is 0 Å². The lowest BCUT2D eigenvalue weighted by Crippen LogP contribution is -2.07. The standard InChI is InChI=1S/C20H22N4O3S/c1-12(2)16-10-17(23-25)13(3)9-18(16)27-11-19-21-22-20(28)24(19)14-5-7-15(26-4)8-6-14/h5-10,12H,11H2,1-4H3,(H,22,28). The summed E-state index contributed by atoms with van der Waals surface area (Å²) in [4.78, 5) is 11.0. The van der Waals surface area contributed by atoms with E-state index in [4.69, 9.17) is 21.7 Å². The number of benzene rings is 2. The Morgan fingerprint density at radius 3 is 2.57 bits per heavy atom. The first-order valence-electron chi connectivity index (χ1n) is 8.86. The molecule has 1 aromatic heterocycles. The highest BCUT2D eigenvalue weighted by Crippen LogP contribution is 2.34. The molecule has 1 N–H and O–H groups in total. The summed E-state index contributed by atoms with van der Waals surface area (Å²) in [5, 5.41) is 10.2. The van der Waals surface area contributed by atoms with Crippen LogP contribution in [0.5, 0.6) is 11.5 Å². The summed E-state index contributed by atoms with van der Waals surface area (Å²) in [7, 11) is 1.62. The molecule has 7 nitrogen and oxygen atoms in total. The van der Waals surface area contributed by atoms with Gasteiger partial charge in [-0.3, -0.25) is 9.67 Å². The number of ether oxygens (including phenoxy) is 2. The van der Waals surface area contributed by atoms with E-state index in [0.29, 0.717) is 22.0 Å². The van der Waals surface area contributed by atoms with Gasteiger partial charge in [0.25, 0.3) is 0 Å². The fourth-order valence-electron chi connectivity index (χ4n) is 2.93. The van der Waals surface area contributed by atoms with Gasteiger partial charge in [0.1, 0.15) is 23.8 Å². The van der Waals surface area contributed by atoms with Crippen molar-refractivity contribution in [1.82, 2.24) is 14.8 Å². The molecular formula is C20H22N4O3S. The van der Waals surface area contributed by atoms with Gasteiger partial charge in [0.2, 0.25) is 0 Å². The molecule has 0 unspecified atom stereocenters. The van der Waals surface area contributed by atoms with E-state index in [1.54, 1.807) is 13.2 Å². The van der Waals surface area contributed by atoms with Gasteiger partial charge in [-0.25, -0.2) is 0 Å². The van der Waals surface area contributed by atoms with Crippen LogP contribution < -0.4 is 9.47 Å².